The summed E-state index contributed by atoms with van der Waals surface area (Å²) in [5.74, 6) is -0.745. The Hall–Kier alpha value is -2.47. The zero-order chi connectivity index (χ0) is 16.4. The number of anilines is 2. The van der Waals surface area contributed by atoms with E-state index in [1.807, 2.05) is 25.1 Å². The maximum Gasteiger partial charge on any atom is 0.246 e. The number of aryl methyl sites for hydroxylation is 1. The van der Waals surface area contributed by atoms with Crippen LogP contribution in [0, 0.1) is 12.7 Å². The molecule has 0 aliphatic carbocycles. The van der Waals surface area contributed by atoms with Crippen molar-refractivity contribution in [1.29, 1.82) is 0 Å². The number of carbonyl (C=O) groups excluding carboxylic acids is 1. The molecule has 0 radical (unpaired) electrons. The summed E-state index contributed by atoms with van der Waals surface area (Å²) in [5, 5.41) is 6.71. The lowest BCUT2D eigenvalue weighted by Crippen LogP contribution is -2.32. The number of benzene rings is 2. The number of nitrogens with one attached hydrogen (secondary N) is 2. The minimum atomic E-state index is -0.499. The van der Waals surface area contributed by atoms with Crippen molar-refractivity contribution in [2.45, 2.75) is 19.9 Å². The molecule has 0 fully saturated rings. The first-order valence-corrected chi connectivity index (χ1v) is 8.04. The molecule has 118 valence electrons. The number of thiazole rings is 1. The highest BCUT2D eigenvalue weighted by atomic mass is 32.1. The number of rotatable bonds is 4. The largest absolute Gasteiger partial charge is 0.374 e. The molecule has 1 atom stereocenters. The molecule has 0 bridgehead atoms. The van der Waals surface area contributed by atoms with Crippen molar-refractivity contribution in [3.05, 3.63) is 53.3 Å². The van der Waals surface area contributed by atoms with E-state index in [-0.39, 0.29) is 11.6 Å². The lowest BCUT2D eigenvalue weighted by atomic mass is 10.2. The van der Waals surface area contributed by atoms with Gasteiger partial charge in [0.1, 0.15) is 11.9 Å². The molecular weight excluding hydrogens is 313 g/mol. The number of fused-ring (bicyclic) bond motifs is 1. The van der Waals surface area contributed by atoms with Gasteiger partial charge in [0.15, 0.2) is 0 Å². The fourth-order valence-electron chi connectivity index (χ4n) is 2.25. The van der Waals surface area contributed by atoms with Crippen molar-refractivity contribution in [3.8, 4) is 0 Å². The smallest absolute Gasteiger partial charge is 0.246 e. The van der Waals surface area contributed by atoms with Crippen LogP contribution >= 0.6 is 11.3 Å². The average Bonchev–Trinajstić information content (AvgIpc) is 2.88. The van der Waals surface area contributed by atoms with Crippen molar-refractivity contribution in [3.63, 3.8) is 0 Å². The molecular formula is C17H16FN3OS. The number of hydrogen-bond acceptors (Lipinski definition) is 4. The van der Waals surface area contributed by atoms with E-state index in [1.165, 1.54) is 12.1 Å². The van der Waals surface area contributed by atoms with Gasteiger partial charge in [0.25, 0.3) is 0 Å². The third kappa shape index (κ3) is 3.48. The number of hydrogen-bond donors (Lipinski definition) is 2. The van der Waals surface area contributed by atoms with Crippen LogP contribution in [0.3, 0.4) is 0 Å². The van der Waals surface area contributed by atoms with Gasteiger partial charge in [0.05, 0.1) is 20.9 Å². The van der Waals surface area contributed by atoms with Crippen LogP contribution in [0.25, 0.3) is 10.2 Å². The highest BCUT2D eigenvalue weighted by Crippen LogP contribution is 2.25. The predicted octanol–water partition coefficient (Wildman–Crippen LogP) is 4.18. The summed E-state index contributed by atoms with van der Waals surface area (Å²) in [7, 11) is 0. The van der Waals surface area contributed by atoms with Gasteiger partial charge in [0.2, 0.25) is 5.91 Å². The monoisotopic (exact) mass is 329 g/mol. The van der Waals surface area contributed by atoms with E-state index in [4.69, 9.17) is 0 Å². The molecule has 6 heteroatoms. The molecule has 0 spiro atoms. The number of carbonyl (C=O) groups is 1. The first-order chi connectivity index (χ1) is 11.0. The highest BCUT2D eigenvalue weighted by Gasteiger charge is 2.15. The maximum absolute atomic E-state index is 13.6. The standard InChI is InChI=1S/C17H16FN3OS/c1-10(17(22)21-14-6-4-3-5-13(14)18)19-12-7-8-15-16(9-12)23-11(2)20-15/h3-10,19H,1-2H3,(H,21,22). The molecule has 2 aromatic carbocycles. The number of halogens is 1. The molecule has 1 unspecified atom stereocenters. The molecule has 1 heterocycles. The minimum absolute atomic E-state index is 0.180. The van der Waals surface area contributed by atoms with Crippen LogP contribution in [0.15, 0.2) is 42.5 Å². The van der Waals surface area contributed by atoms with Gasteiger partial charge in [-0.05, 0) is 44.2 Å². The number of para-hydroxylation sites is 1. The fourth-order valence-corrected chi connectivity index (χ4v) is 3.12. The summed E-state index contributed by atoms with van der Waals surface area (Å²) in [5.41, 5.74) is 1.96. The van der Waals surface area contributed by atoms with Crippen molar-refractivity contribution < 1.29 is 9.18 Å². The Morgan fingerprint density at radius 2 is 2.04 bits per heavy atom. The lowest BCUT2D eigenvalue weighted by Gasteiger charge is -2.15. The Kier molecular flexibility index (Phi) is 4.25. The van der Waals surface area contributed by atoms with Crippen LogP contribution in [0.1, 0.15) is 11.9 Å². The van der Waals surface area contributed by atoms with Gasteiger partial charge in [-0.25, -0.2) is 9.37 Å². The lowest BCUT2D eigenvalue weighted by molar-refractivity contribution is -0.116. The Balaban J connectivity index is 1.70. The molecule has 0 aliphatic rings. The van der Waals surface area contributed by atoms with E-state index in [1.54, 1.807) is 30.4 Å². The Morgan fingerprint density at radius 3 is 2.83 bits per heavy atom. The Morgan fingerprint density at radius 1 is 1.26 bits per heavy atom. The van der Waals surface area contributed by atoms with Crippen molar-refractivity contribution in [2.75, 3.05) is 10.6 Å². The number of aromatic nitrogens is 1. The van der Waals surface area contributed by atoms with Crippen LogP contribution in [0.2, 0.25) is 0 Å². The molecule has 1 aromatic heterocycles. The Bertz CT molecular complexity index is 862. The third-order valence-electron chi connectivity index (χ3n) is 3.40. The first-order valence-electron chi connectivity index (χ1n) is 7.22. The summed E-state index contributed by atoms with van der Waals surface area (Å²) < 4.78 is 14.6. The average molecular weight is 329 g/mol. The maximum atomic E-state index is 13.6. The van der Waals surface area contributed by atoms with E-state index in [2.05, 4.69) is 15.6 Å². The first kappa shape index (κ1) is 15.4. The van der Waals surface area contributed by atoms with Gasteiger partial charge in [0, 0.05) is 5.69 Å². The van der Waals surface area contributed by atoms with E-state index in [9.17, 15) is 9.18 Å². The third-order valence-corrected chi connectivity index (χ3v) is 4.34. The fraction of sp³-hybridized carbons (Fsp3) is 0.176. The van der Waals surface area contributed by atoms with Gasteiger partial charge >= 0.3 is 0 Å². The van der Waals surface area contributed by atoms with Crippen LogP contribution < -0.4 is 10.6 Å². The van der Waals surface area contributed by atoms with E-state index in [0.29, 0.717) is 0 Å². The molecule has 1 amide bonds. The quantitative estimate of drug-likeness (QED) is 0.755. The SMILES string of the molecule is Cc1nc2ccc(NC(C)C(=O)Nc3ccccc3F)cc2s1. The van der Waals surface area contributed by atoms with E-state index in [0.717, 1.165) is 20.9 Å². The molecule has 3 aromatic rings. The second-order valence-electron chi connectivity index (χ2n) is 5.25. The topological polar surface area (TPSA) is 54.0 Å². The second kappa shape index (κ2) is 6.34. The number of nitrogens with zero attached hydrogens (tertiary/aromatic N) is 1. The normalized spacial score (nSPS) is 12.1. The second-order valence-corrected chi connectivity index (χ2v) is 6.49. The molecule has 0 aliphatic heterocycles. The van der Waals surface area contributed by atoms with Gasteiger partial charge in [-0.15, -0.1) is 11.3 Å². The van der Waals surface area contributed by atoms with Crippen molar-refractivity contribution >= 4 is 38.8 Å². The van der Waals surface area contributed by atoms with Crippen LogP contribution in [0.5, 0.6) is 0 Å². The van der Waals surface area contributed by atoms with Gasteiger partial charge < -0.3 is 10.6 Å². The minimum Gasteiger partial charge on any atom is -0.374 e. The zero-order valence-electron chi connectivity index (χ0n) is 12.8. The summed E-state index contributed by atoms with van der Waals surface area (Å²) in [6.45, 7) is 3.69. The molecule has 0 saturated heterocycles. The zero-order valence-corrected chi connectivity index (χ0v) is 13.6. The van der Waals surface area contributed by atoms with Crippen molar-refractivity contribution in [2.24, 2.45) is 0 Å². The predicted molar refractivity (Wildman–Crippen MR) is 92.5 cm³/mol. The molecule has 2 N–H and O–H groups in total. The van der Waals surface area contributed by atoms with E-state index < -0.39 is 11.9 Å². The van der Waals surface area contributed by atoms with Crippen LogP contribution in [-0.2, 0) is 4.79 Å². The molecule has 4 nitrogen and oxygen atoms in total. The summed E-state index contributed by atoms with van der Waals surface area (Å²) >= 11 is 1.61. The molecule has 3 rings (SSSR count). The molecule has 23 heavy (non-hydrogen) atoms. The summed E-state index contributed by atoms with van der Waals surface area (Å²) in [6.07, 6.45) is 0. The highest BCUT2D eigenvalue weighted by molar-refractivity contribution is 7.18. The summed E-state index contributed by atoms with van der Waals surface area (Å²) in [6, 6.07) is 11.4. The Labute approximate surface area is 137 Å². The van der Waals surface area contributed by atoms with Gasteiger partial charge in [-0.2, -0.15) is 0 Å². The van der Waals surface area contributed by atoms with Crippen LogP contribution in [-0.4, -0.2) is 16.9 Å². The number of amides is 1. The molecule has 0 saturated carbocycles. The summed E-state index contributed by atoms with van der Waals surface area (Å²) in [4.78, 5) is 16.6. The van der Waals surface area contributed by atoms with E-state index >= 15 is 0 Å². The van der Waals surface area contributed by atoms with Crippen LogP contribution in [0.4, 0.5) is 15.8 Å². The van der Waals surface area contributed by atoms with Crippen molar-refractivity contribution in [1.82, 2.24) is 4.98 Å². The van der Waals surface area contributed by atoms with Gasteiger partial charge in [-0.3, -0.25) is 4.79 Å². The van der Waals surface area contributed by atoms with Gasteiger partial charge in [-0.1, -0.05) is 12.1 Å².